The Morgan fingerprint density at radius 3 is 2.62 bits per heavy atom. The SMILES string of the molecule is N=c1c(=N)n(-c2ccc(Cl)c(Cl)c2)c2c(n1CCc1cnc[nH]1)NON2. The first kappa shape index (κ1) is 16.7. The van der Waals surface area contributed by atoms with Crippen molar-refractivity contribution in [2.45, 2.75) is 13.0 Å². The number of anilines is 2. The smallest absolute Gasteiger partial charge is 0.182 e. The number of halogens is 2. The van der Waals surface area contributed by atoms with Crippen molar-refractivity contribution in [1.29, 1.82) is 10.8 Å². The Kier molecular flexibility index (Phi) is 4.19. The molecule has 3 heterocycles. The van der Waals surface area contributed by atoms with Crippen molar-refractivity contribution in [2.75, 3.05) is 11.0 Å². The Morgan fingerprint density at radius 2 is 1.88 bits per heavy atom. The zero-order valence-corrected chi connectivity index (χ0v) is 14.8. The molecule has 1 aromatic carbocycles. The summed E-state index contributed by atoms with van der Waals surface area (Å²) in [7, 11) is 0. The van der Waals surface area contributed by atoms with Crippen molar-refractivity contribution in [3.05, 3.63) is 57.4 Å². The van der Waals surface area contributed by atoms with E-state index in [1.165, 1.54) is 4.57 Å². The van der Waals surface area contributed by atoms with Crippen LogP contribution in [-0.2, 0) is 17.9 Å². The highest BCUT2D eigenvalue weighted by atomic mass is 35.5. The number of aromatic nitrogens is 4. The number of rotatable bonds is 4. The Bertz CT molecular complexity index is 1090. The highest BCUT2D eigenvalue weighted by Crippen LogP contribution is 2.29. The quantitative estimate of drug-likeness (QED) is 0.467. The molecule has 3 aromatic rings. The summed E-state index contributed by atoms with van der Waals surface area (Å²) in [5.41, 5.74) is 7.01. The second-order valence-corrected chi connectivity index (χ2v) is 6.43. The summed E-state index contributed by atoms with van der Waals surface area (Å²) in [6, 6.07) is 5.00. The first-order valence-electron chi connectivity index (χ1n) is 7.66. The molecular formula is C15H14Cl2N8O. The predicted molar refractivity (Wildman–Crippen MR) is 96.1 cm³/mol. The molecule has 0 saturated carbocycles. The summed E-state index contributed by atoms with van der Waals surface area (Å²) in [6.45, 7) is 0.468. The van der Waals surface area contributed by atoms with Gasteiger partial charge in [-0.25, -0.2) is 15.9 Å². The lowest BCUT2D eigenvalue weighted by Gasteiger charge is -2.17. The number of nitrogens with zero attached hydrogens (tertiary/aromatic N) is 3. The third-order valence-corrected chi connectivity index (χ3v) is 4.79. The summed E-state index contributed by atoms with van der Waals surface area (Å²) in [5, 5.41) is 17.7. The number of aromatic amines is 1. The van der Waals surface area contributed by atoms with E-state index in [1.807, 2.05) is 0 Å². The van der Waals surface area contributed by atoms with Crippen LogP contribution in [-0.4, -0.2) is 19.1 Å². The van der Waals surface area contributed by atoms with Gasteiger partial charge in [-0.15, -0.1) is 0 Å². The maximum absolute atomic E-state index is 8.45. The van der Waals surface area contributed by atoms with Gasteiger partial charge in [0.15, 0.2) is 22.6 Å². The van der Waals surface area contributed by atoms with Crippen LogP contribution >= 0.6 is 23.2 Å². The molecule has 5 N–H and O–H groups in total. The lowest BCUT2D eigenvalue weighted by atomic mass is 10.3. The summed E-state index contributed by atoms with van der Waals surface area (Å²) in [5.74, 6) is 1.03. The molecule has 9 nitrogen and oxygen atoms in total. The van der Waals surface area contributed by atoms with Crippen LogP contribution in [0.4, 0.5) is 11.6 Å². The van der Waals surface area contributed by atoms with Gasteiger partial charge in [0, 0.05) is 24.9 Å². The monoisotopic (exact) mass is 392 g/mol. The Hall–Kier alpha value is -2.75. The topological polar surface area (TPSA) is 120 Å². The minimum absolute atomic E-state index is 0.0217. The van der Waals surface area contributed by atoms with E-state index in [0.29, 0.717) is 40.3 Å². The molecule has 0 spiro atoms. The number of fused-ring (bicyclic) bond motifs is 1. The summed E-state index contributed by atoms with van der Waals surface area (Å²) in [4.78, 5) is 12.1. The van der Waals surface area contributed by atoms with Gasteiger partial charge in [0.1, 0.15) is 0 Å². The fourth-order valence-corrected chi connectivity index (χ4v) is 3.06. The van der Waals surface area contributed by atoms with E-state index in [1.54, 1.807) is 35.3 Å². The minimum Gasteiger partial charge on any atom is -0.348 e. The molecule has 26 heavy (non-hydrogen) atoms. The molecule has 0 amide bonds. The molecule has 11 heteroatoms. The van der Waals surface area contributed by atoms with E-state index in [9.17, 15) is 0 Å². The Morgan fingerprint density at radius 1 is 1.08 bits per heavy atom. The van der Waals surface area contributed by atoms with Crippen LogP contribution in [0.25, 0.3) is 5.69 Å². The second kappa shape index (κ2) is 6.52. The van der Waals surface area contributed by atoms with Crippen molar-refractivity contribution in [2.24, 2.45) is 0 Å². The van der Waals surface area contributed by atoms with E-state index in [2.05, 4.69) is 20.9 Å². The fourth-order valence-electron chi connectivity index (χ4n) is 2.77. The zero-order chi connectivity index (χ0) is 18.3. The van der Waals surface area contributed by atoms with Gasteiger partial charge in [0.25, 0.3) is 0 Å². The molecule has 0 radical (unpaired) electrons. The number of aryl methyl sites for hydroxylation is 1. The minimum atomic E-state index is -0.0217. The number of nitrogens with one attached hydrogen (secondary N) is 5. The fraction of sp³-hybridized carbons (Fsp3) is 0.133. The highest BCUT2D eigenvalue weighted by molar-refractivity contribution is 6.42. The molecule has 0 atom stereocenters. The van der Waals surface area contributed by atoms with Gasteiger partial charge in [-0.05, 0) is 18.2 Å². The molecule has 4 rings (SSSR count). The normalized spacial score (nSPS) is 12.5. The molecule has 1 aliphatic heterocycles. The molecular weight excluding hydrogens is 379 g/mol. The standard InChI is InChI=1S/C15H14Cl2N8O/c16-10-2-1-9(5-11(10)17)25-13(19)12(18)24(14-15(25)23-26-22-14)4-3-8-6-20-7-21-8/h1-2,5-7,18-19,22-23H,3-4H2,(H,20,21). The van der Waals surface area contributed by atoms with Gasteiger partial charge in [0.05, 0.1) is 22.1 Å². The van der Waals surface area contributed by atoms with Crippen LogP contribution < -0.4 is 21.9 Å². The molecule has 0 unspecified atom stereocenters. The predicted octanol–water partition coefficient (Wildman–Crippen LogP) is 2.19. The van der Waals surface area contributed by atoms with Gasteiger partial charge < -0.3 is 9.55 Å². The lowest BCUT2D eigenvalue weighted by Crippen LogP contribution is -2.42. The lowest BCUT2D eigenvalue weighted by molar-refractivity contribution is 0.278. The van der Waals surface area contributed by atoms with E-state index >= 15 is 0 Å². The summed E-state index contributed by atoms with van der Waals surface area (Å²) < 4.78 is 3.19. The maximum Gasteiger partial charge on any atom is 0.182 e. The van der Waals surface area contributed by atoms with Crippen molar-refractivity contribution < 1.29 is 4.94 Å². The first-order valence-corrected chi connectivity index (χ1v) is 8.41. The molecule has 134 valence electrons. The largest absolute Gasteiger partial charge is 0.348 e. The molecule has 0 bridgehead atoms. The average Bonchev–Trinajstić information content (AvgIpc) is 3.30. The molecule has 1 aliphatic rings. The number of imidazole rings is 1. The molecule has 0 saturated heterocycles. The van der Waals surface area contributed by atoms with Crippen LogP contribution in [0.5, 0.6) is 0 Å². The molecule has 2 aromatic heterocycles. The molecule has 0 fully saturated rings. The Labute approximate surface area is 157 Å². The second-order valence-electron chi connectivity index (χ2n) is 5.61. The highest BCUT2D eigenvalue weighted by Gasteiger charge is 2.22. The van der Waals surface area contributed by atoms with Crippen LogP contribution in [0.3, 0.4) is 0 Å². The van der Waals surface area contributed by atoms with E-state index in [0.717, 1.165) is 5.69 Å². The van der Waals surface area contributed by atoms with E-state index < -0.39 is 0 Å². The number of hydrogen-bond acceptors (Lipinski definition) is 6. The average molecular weight is 393 g/mol. The van der Waals surface area contributed by atoms with E-state index in [4.69, 9.17) is 39.0 Å². The van der Waals surface area contributed by atoms with Gasteiger partial charge >= 0.3 is 0 Å². The van der Waals surface area contributed by atoms with Gasteiger partial charge in [-0.1, -0.05) is 23.2 Å². The van der Waals surface area contributed by atoms with Crippen molar-refractivity contribution >= 4 is 34.8 Å². The zero-order valence-electron chi connectivity index (χ0n) is 13.3. The van der Waals surface area contributed by atoms with Crippen LogP contribution in [0.1, 0.15) is 5.69 Å². The Balaban J connectivity index is 1.84. The van der Waals surface area contributed by atoms with Crippen molar-refractivity contribution in [3.63, 3.8) is 0 Å². The first-order chi connectivity index (χ1) is 12.6. The van der Waals surface area contributed by atoms with Crippen molar-refractivity contribution in [3.8, 4) is 5.69 Å². The van der Waals surface area contributed by atoms with Gasteiger partial charge in [-0.3, -0.25) is 15.4 Å². The maximum atomic E-state index is 8.45. The number of hydrogen-bond donors (Lipinski definition) is 5. The summed E-state index contributed by atoms with van der Waals surface area (Å²) >= 11 is 12.1. The number of benzene rings is 1. The van der Waals surface area contributed by atoms with Crippen molar-refractivity contribution in [1.82, 2.24) is 19.1 Å². The van der Waals surface area contributed by atoms with Crippen LogP contribution in [0.15, 0.2) is 30.7 Å². The van der Waals surface area contributed by atoms with Gasteiger partial charge in [-0.2, -0.15) is 4.94 Å². The summed E-state index contributed by atoms with van der Waals surface area (Å²) in [6.07, 6.45) is 3.96. The van der Waals surface area contributed by atoms with Gasteiger partial charge in [0.2, 0.25) is 0 Å². The third kappa shape index (κ3) is 2.75. The number of H-pyrrole nitrogens is 1. The van der Waals surface area contributed by atoms with Crippen LogP contribution in [0.2, 0.25) is 10.0 Å². The third-order valence-electron chi connectivity index (χ3n) is 4.05. The van der Waals surface area contributed by atoms with E-state index in [-0.39, 0.29) is 11.0 Å². The molecule has 0 aliphatic carbocycles. The van der Waals surface area contributed by atoms with Crippen LogP contribution in [0, 0.1) is 10.8 Å².